The van der Waals surface area contributed by atoms with Crippen molar-refractivity contribution in [2.24, 2.45) is 0 Å². The van der Waals surface area contributed by atoms with Crippen molar-refractivity contribution in [3.05, 3.63) is 65.7 Å². The summed E-state index contributed by atoms with van der Waals surface area (Å²) in [5, 5.41) is 5.16. The van der Waals surface area contributed by atoms with E-state index in [1.165, 1.54) is 0 Å². The molecule has 0 aliphatic heterocycles. The lowest BCUT2D eigenvalue weighted by molar-refractivity contribution is -0.115. The van der Waals surface area contributed by atoms with Crippen LogP contribution in [0.3, 0.4) is 0 Å². The lowest BCUT2D eigenvalue weighted by Gasteiger charge is -2.09. The number of nitrogens with one attached hydrogen (secondary N) is 2. The first-order valence-corrected chi connectivity index (χ1v) is 7.50. The largest absolute Gasteiger partial charge is 0.445 e. The van der Waals surface area contributed by atoms with Crippen molar-refractivity contribution in [1.82, 2.24) is 5.32 Å². The minimum atomic E-state index is -0.619. The fourth-order valence-electron chi connectivity index (χ4n) is 2.00. The molecule has 23 heavy (non-hydrogen) atoms. The zero-order valence-corrected chi connectivity index (χ0v) is 13.0. The Kier molecular flexibility index (Phi) is 6.17. The maximum Gasteiger partial charge on any atom is 0.407 e. The van der Waals surface area contributed by atoms with E-state index >= 15 is 0 Å². The summed E-state index contributed by atoms with van der Waals surface area (Å²) in [6, 6.07) is 17.0. The van der Waals surface area contributed by atoms with Crippen molar-refractivity contribution >= 4 is 17.7 Å². The molecule has 0 saturated heterocycles. The van der Waals surface area contributed by atoms with Crippen LogP contribution in [0.25, 0.3) is 0 Å². The number of carbonyl (C=O) groups excluding carboxylic acids is 2. The van der Waals surface area contributed by atoms with Gasteiger partial charge in [-0.15, -0.1) is 0 Å². The molecule has 5 heteroatoms. The van der Waals surface area contributed by atoms with E-state index in [9.17, 15) is 9.59 Å². The number of ether oxygens (including phenoxy) is 1. The van der Waals surface area contributed by atoms with E-state index in [1.807, 2.05) is 61.5 Å². The Morgan fingerprint density at radius 1 is 1.00 bits per heavy atom. The van der Waals surface area contributed by atoms with Gasteiger partial charge < -0.3 is 15.4 Å². The Morgan fingerprint density at radius 3 is 2.48 bits per heavy atom. The van der Waals surface area contributed by atoms with Crippen molar-refractivity contribution in [1.29, 1.82) is 0 Å². The van der Waals surface area contributed by atoms with Crippen LogP contribution in [0.1, 0.15) is 18.1 Å². The van der Waals surface area contributed by atoms with E-state index < -0.39 is 6.09 Å². The summed E-state index contributed by atoms with van der Waals surface area (Å²) in [5.41, 5.74) is 2.75. The van der Waals surface area contributed by atoms with Crippen LogP contribution in [0, 0.1) is 0 Å². The van der Waals surface area contributed by atoms with Crippen molar-refractivity contribution in [2.45, 2.75) is 20.0 Å². The third-order valence-electron chi connectivity index (χ3n) is 3.23. The third kappa shape index (κ3) is 5.82. The van der Waals surface area contributed by atoms with Crippen molar-refractivity contribution < 1.29 is 14.3 Å². The maximum absolute atomic E-state index is 11.8. The number of amides is 2. The summed E-state index contributed by atoms with van der Waals surface area (Å²) in [5.74, 6) is -0.296. The molecular weight excluding hydrogens is 292 g/mol. The second-order valence-electron chi connectivity index (χ2n) is 5.02. The summed E-state index contributed by atoms with van der Waals surface area (Å²) >= 11 is 0. The average molecular weight is 312 g/mol. The van der Waals surface area contributed by atoms with Crippen molar-refractivity contribution in [2.75, 3.05) is 11.9 Å². The highest BCUT2D eigenvalue weighted by Gasteiger charge is 2.07. The molecular formula is C18H20N2O3. The zero-order valence-electron chi connectivity index (χ0n) is 13.0. The van der Waals surface area contributed by atoms with Crippen LogP contribution in [0.5, 0.6) is 0 Å². The zero-order chi connectivity index (χ0) is 16.5. The van der Waals surface area contributed by atoms with E-state index in [0.29, 0.717) is 5.69 Å². The van der Waals surface area contributed by atoms with Gasteiger partial charge in [-0.1, -0.05) is 49.4 Å². The molecule has 0 saturated carbocycles. The molecule has 0 spiro atoms. The summed E-state index contributed by atoms with van der Waals surface area (Å²) in [4.78, 5) is 23.4. The molecule has 5 nitrogen and oxygen atoms in total. The summed E-state index contributed by atoms with van der Waals surface area (Å²) in [6.45, 7) is 2.09. The van der Waals surface area contributed by atoms with E-state index in [4.69, 9.17) is 4.74 Å². The van der Waals surface area contributed by atoms with Gasteiger partial charge in [0.05, 0.1) is 0 Å². The van der Waals surface area contributed by atoms with E-state index in [0.717, 1.165) is 17.5 Å². The highest BCUT2D eigenvalue weighted by molar-refractivity contribution is 5.93. The topological polar surface area (TPSA) is 67.4 Å². The van der Waals surface area contributed by atoms with Crippen molar-refractivity contribution in [3.63, 3.8) is 0 Å². The van der Waals surface area contributed by atoms with Gasteiger partial charge in [0.1, 0.15) is 13.2 Å². The van der Waals surface area contributed by atoms with E-state index in [2.05, 4.69) is 10.6 Å². The minimum Gasteiger partial charge on any atom is -0.445 e. The molecule has 2 N–H and O–H groups in total. The van der Waals surface area contributed by atoms with Gasteiger partial charge in [0.15, 0.2) is 0 Å². The van der Waals surface area contributed by atoms with Gasteiger partial charge >= 0.3 is 6.09 Å². The SMILES string of the molecule is CCc1cccc(NC(=O)CNC(=O)OCc2ccccc2)c1. The molecule has 2 aromatic carbocycles. The Labute approximate surface area is 135 Å². The maximum atomic E-state index is 11.8. The third-order valence-corrected chi connectivity index (χ3v) is 3.23. The molecule has 2 aromatic rings. The molecule has 0 radical (unpaired) electrons. The summed E-state index contributed by atoms with van der Waals surface area (Å²) in [6.07, 6.45) is 0.277. The number of hydrogen-bond acceptors (Lipinski definition) is 3. The molecule has 0 aliphatic carbocycles. The molecule has 0 aliphatic rings. The predicted molar refractivity (Wildman–Crippen MR) is 89.1 cm³/mol. The van der Waals surface area contributed by atoms with E-state index in [-0.39, 0.29) is 19.1 Å². The fraction of sp³-hybridized carbons (Fsp3) is 0.222. The molecule has 0 unspecified atom stereocenters. The second-order valence-corrected chi connectivity index (χ2v) is 5.02. The average Bonchev–Trinajstić information content (AvgIpc) is 2.59. The molecule has 120 valence electrons. The summed E-state index contributed by atoms with van der Waals surface area (Å²) < 4.78 is 5.04. The monoisotopic (exact) mass is 312 g/mol. The lowest BCUT2D eigenvalue weighted by Crippen LogP contribution is -2.33. The Bertz CT molecular complexity index is 656. The standard InChI is InChI=1S/C18H20N2O3/c1-2-14-9-6-10-16(11-14)20-17(21)12-19-18(22)23-13-15-7-4-3-5-8-15/h3-11H,2,12-13H2,1H3,(H,19,22)(H,20,21). The number of anilines is 1. The van der Waals surface area contributed by atoms with Crippen LogP contribution < -0.4 is 10.6 Å². The Morgan fingerprint density at radius 2 is 1.74 bits per heavy atom. The van der Waals surface area contributed by atoms with Crippen LogP contribution in [0.4, 0.5) is 10.5 Å². The number of rotatable bonds is 6. The first-order valence-electron chi connectivity index (χ1n) is 7.50. The van der Waals surface area contributed by atoms with Gasteiger partial charge in [-0.2, -0.15) is 0 Å². The van der Waals surface area contributed by atoms with Gasteiger partial charge in [0, 0.05) is 5.69 Å². The molecule has 0 fully saturated rings. The first-order chi connectivity index (χ1) is 11.2. The highest BCUT2D eigenvalue weighted by Crippen LogP contribution is 2.10. The minimum absolute atomic E-state index is 0.135. The summed E-state index contributed by atoms with van der Waals surface area (Å²) in [7, 11) is 0. The number of benzene rings is 2. The molecule has 0 bridgehead atoms. The number of alkyl carbamates (subject to hydrolysis) is 1. The van der Waals surface area contributed by atoms with Crippen LogP contribution in [0.15, 0.2) is 54.6 Å². The first kappa shape index (κ1) is 16.5. The number of carbonyl (C=O) groups is 2. The van der Waals surface area contributed by atoms with Gasteiger partial charge in [-0.3, -0.25) is 4.79 Å². The van der Waals surface area contributed by atoms with Gasteiger partial charge in [-0.05, 0) is 29.7 Å². The van der Waals surface area contributed by atoms with Crippen LogP contribution in [-0.4, -0.2) is 18.5 Å². The molecule has 0 atom stereocenters. The van der Waals surface area contributed by atoms with Crippen LogP contribution >= 0.6 is 0 Å². The quantitative estimate of drug-likeness (QED) is 0.861. The predicted octanol–water partition coefficient (Wildman–Crippen LogP) is 3.11. The van der Waals surface area contributed by atoms with Gasteiger partial charge in [0.2, 0.25) is 5.91 Å². The van der Waals surface area contributed by atoms with Crippen molar-refractivity contribution in [3.8, 4) is 0 Å². The molecule has 0 aromatic heterocycles. The normalized spacial score (nSPS) is 9.96. The van der Waals surface area contributed by atoms with Gasteiger partial charge in [-0.25, -0.2) is 4.79 Å². The lowest BCUT2D eigenvalue weighted by atomic mass is 10.1. The molecule has 0 heterocycles. The molecule has 2 amide bonds. The smallest absolute Gasteiger partial charge is 0.407 e. The number of aryl methyl sites for hydroxylation is 1. The Hall–Kier alpha value is -2.82. The van der Waals surface area contributed by atoms with Crippen LogP contribution in [-0.2, 0) is 22.6 Å². The van der Waals surface area contributed by atoms with Crippen LogP contribution in [0.2, 0.25) is 0 Å². The highest BCUT2D eigenvalue weighted by atomic mass is 16.5. The fourth-order valence-corrected chi connectivity index (χ4v) is 2.00. The number of hydrogen-bond donors (Lipinski definition) is 2. The van der Waals surface area contributed by atoms with E-state index in [1.54, 1.807) is 0 Å². The second kappa shape index (κ2) is 8.58. The Balaban J connectivity index is 1.72. The molecule has 2 rings (SSSR count). The van der Waals surface area contributed by atoms with Gasteiger partial charge in [0.25, 0.3) is 0 Å².